The van der Waals surface area contributed by atoms with E-state index < -0.39 is 0 Å². The van der Waals surface area contributed by atoms with Gasteiger partial charge in [0.2, 0.25) is 0 Å². The molecule has 0 radical (unpaired) electrons. The van der Waals surface area contributed by atoms with Gasteiger partial charge < -0.3 is 15.4 Å². The van der Waals surface area contributed by atoms with Crippen LogP contribution >= 0.6 is 0 Å². The third-order valence-electron chi connectivity index (χ3n) is 3.74. The Balaban J connectivity index is 1.42. The number of piperidine rings is 1. The van der Waals surface area contributed by atoms with Crippen LogP contribution in [0, 0.1) is 0 Å². The Bertz CT molecular complexity index is 175. The molecule has 94 valence electrons. The molecule has 1 atom stereocenters. The molecule has 1 aliphatic carbocycles. The van der Waals surface area contributed by atoms with Gasteiger partial charge in [0.25, 0.3) is 0 Å². The molecule has 2 aliphatic rings. The highest BCUT2D eigenvalue weighted by atomic mass is 16.5. The zero-order chi connectivity index (χ0) is 11.1. The van der Waals surface area contributed by atoms with E-state index in [9.17, 15) is 0 Å². The first-order valence-electron chi connectivity index (χ1n) is 7.01. The van der Waals surface area contributed by atoms with Crippen LogP contribution in [-0.4, -0.2) is 38.4 Å². The van der Waals surface area contributed by atoms with Crippen molar-refractivity contribution in [2.45, 2.75) is 57.1 Å². The van der Waals surface area contributed by atoms with Gasteiger partial charge in [-0.1, -0.05) is 19.3 Å². The Morgan fingerprint density at radius 3 is 2.62 bits per heavy atom. The first-order chi connectivity index (χ1) is 7.95. The van der Waals surface area contributed by atoms with Crippen molar-refractivity contribution in [3.8, 4) is 0 Å². The summed E-state index contributed by atoms with van der Waals surface area (Å²) >= 11 is 0. The number of hydrogen-bond donors (Lipinski definition) is 2. The molecule has 0 aromatic heterocycles. The minimum Gasteiger partial charge on any atom is -0.377 e. The highest BCUT2D eigenvalue weighted by Gasteiger charge is 2.15. The molecular weight excluding hydrogens is 200 g/mol. The van der Waals surface area contributed by atoms with Crippen molar-refractivity contribution in [1.29, 1.82) is 0 Å². The summed E-state index contributed by atoms with van der Waals surface area (Å²) in [4.78, 5) is 0. The van der Waals surface area contributed by atoms with E-state index in [0.717, 1.165) is 19.7 Å². The molecule has 0 aromatic carbocycles. The molecule has 3 heteroatoms. The summed E-state index contributed by atoms with van der Waals surface area (Å²) in [6.45, 7) is 4.20. The van der Waals surface area contributed by atoms with Crippen molar-refractivity contribution in [3.05, 3.63) is 0 Å². The van der Waals surface area contributed by atoms with Crippen LogP contribution in [0.15, 0.2) is 0 Å². The van der Waals surface area contributed by atoms with Crippen LogP contribution in [-0.2, 0) is 4.74 Å². The summed E-state index contributed by atoms with van der Waals surface area (Å²) in [5, 5.41) is 7.04. The van der Waals surface area contributed by atoms with Gasteiger partial charge in [0.1, 0.15) is 0 Å². The van der Waals surface area contributed by atoms with Gasteiger partial charge in [-0.25, -0.2) is 0 Å². The average Bonchev–Trinajstić information content (AvgIpc) is 2.83. The van der Waals surface area contributed by atoms with Crippen LogP contribution in [0.4, 0.5) is 0 Å². The molecule has 1 saturated heterocycles. The summed E-state index contributed by atoms with van der Waals surface area (Å²) in [7, 11) is 0. The molecular formula is C13H26N2O. The van der Waals surface area contributed by atoms with E-state index in [0.29, 0.717) is 12.1 Å². The van der Waals surface area contributed by atoms with Crippen molar-refractivity contribution in [3.63, 3.8) is 0 Å². The summed E-state index contributed by atoms with van der Waals surface area (Å²) in [5.41, 5.74) is 0. The van der Waals surface area contributed by atoms with Gasteiger partial charge in [-0.05, 0) is 32.2 Å². The van der Waals surface area contributed by atoms with Gasteiger partial charge in [-0.3, -0.25) is 0 Å². The van der Waals surface area contributed by atoms with E-state index in [1.54, 1.807) is 0 Å². The van der Waals surface area contributed by atoms with Crippen LogP contribution in [0.3, 0.4) is 0 Å². The van der Waals surface area contributed by atoms with E-state index in [2.05, 4.69) is 10.6 Å². The first-order valence-corrected chi connectivity index (χ1v) is 7.01. The van der Waals surface area contributed by atoms with Gasteiger partial charge in [-0.2, -0.15) is 0 Å². The molecule has 1 aliphatic heterocycles. The van der Waals surface area contributed by atoms with Crippen molar-refractivity contribution in [2.75, 3.05) is 26.2 Å². The largest absolute Gasteiger partial charge is 0.377 e. The standard InChI is InChI=1S/C13H26N2O/c1-2-7-13(6-1)16-10-9-14-11-12-5-3-4-8-15-12/h12-15H,1-11H2. The Morgan fingerprint density at radius 1 is 1.06 bits per heavy atom. The van der Waals surface area contributed by atoms with Crippen LogP contribution in [0.1, 0.15) is 44.9 Å². The van der Waals surface area contributed by atoms with Gasteiger partial charge >= 0.3 is 0 Å². The molecule has 1 unspecified atom stereocenters. The third kappa shape index (κ3) is 4.40. The normalized spacial score (nSPS) is 27.4. The Morgan fingerprint density at radius 2 is 1.88 bits per heavy atom. The number of rotatable bonds is 6. The van der Waals surface area contributed by atoms with Crippen molar-refractivity contribution in [1.82, 2.24) is 10.6 Å². The lowest BCUT2D eigenvalue weighted by Crippen LogP contribution is -2.42. The summed E-state index contributed by atoms with van der Waals surface area (Å²) in [6, 6.07) is 0.695. The molecule has 0 bridgehead atoms. The second kappa shape index (κ2) is 7.25. The second-order valence-electron chi connectivity index (χ2n) is 5.13. The Hall–Kier alpha value is -0.120. The van der Waals surface area contributed by atoms with Crippen molar-refractivity contribution < 1.29 is 4.74 Å². The van der Waals surface area contributed by atoms with E-state index in [1.807, 2.05) is 0 Å². The SMILES string of the molecule is C1CCC(CNCCOC2CCCC2)NC1. The van der Waals surface area contributed by atoms with Crippen LogP contribution < -0.4 is 10.6 Å². The minimum atomic E-state index is 0.564. The number of hydrogen-bond acceptors (Lipinski definition) is 3. The van der Waals surface area contributed by atoms with E-state index in [1.165, 1.54) is 51.5 Å². The smallest absolute Gasteiger partial charge is 0.0594 e. The van der Waals surface area contributed by atoms with Crippen molar-refractivity contribution in [2.24, 2.45) is 0 Å². The van der Waals surface area contributed by atoms with Gasteiger partial charge in [0.15, 0.2) is 0 Å². The first kappa shape index (κ1) is 12.3. The maximum absolute atomic E-state index is 5.81. The monoisotopic (exact) mass is 226 g/mol. The molecule has 3 nitrogen and oxygen atoms in total. The topological polar surface area (TPSA) is 33.3 Å². The van der Waals surface area contributed by atoms with Gasteiger partial charge in [-0.15, -0.1) is 0 Å². The lowest BCUT2D eigenvalue weighted by molar-refractivity contribution is 0.0601. The summed E-state index contributed by atoms with van der Waals surface area (Å²) < 4.78 is 5.81. The lowest BCUT2D eigenvalue weighted by atomic mass is 10.1. The zero-order valence-electron chi connectivity index (χ0n) is 10.3. The molecule has 2 fully saturated rings. The van der Waals surface area contributed by atoms with E-state index in [4.69, 9.17) is 4.74 Å². The minimum absolute atomic E-state index is 0.564. The molecule has 0 amide bonds. The molecule has 1 saturated carbocycles. The highest BCUT2D eigenvalue weighted by molar-refractivity contribution is 4.74. The average molecular weight is 226 g/mol. The number of ether oxygens (including phenoxy) is 1. The third-order valence-corrected chi connectivity index (χ3v) is 3.74. The van der Waals surface area contributed by atoms with E-state index >= 15 is 0 Å². The fourth-order valence-corrected chi connectivity index (χ4v) is 2.73. The van der Waals surface area contributed by atoms with Gasteiger partial charge in [0.05, 0.1) is 12.7 Å². The van der Waals surface area contributed by atoms with Crippen LogP contribution in [0.5, 0.6) is 0 Å². The zero-order valence-corrected chi connectivity index (χ0v) is 10.3. The lowest BCUT2D eigenvalue weighted by Gasteiger charge is -2.23. The van der Waals surface area contributed by atoms with Crippen LogP contribution in [0.25, 0.3) is 0 Å². The second-order valence-corrected chi connectivity index (χ2v) is 5.13. The molecule has 2 N–H and O–H groups in total. The molecule has 2 rings (SSSR count). The molecule has 0 spiro atoms. The van der Waals surface area contributed by atoms with Gasteiger partial charge in [0, 0.05) is 19.1 Å². The van der Waals surface area contributed by atoms with Crippen molar-refractivity contribution >= 4 is 0 Å². The predicted molar refractivity (Wildman–Crippen MR) is 66.7 cm³/mol. The fourth-order valence-electron chi connectivity index (χ4n) is 2.73. The molecule has 16 heavy (non-hydrogen) atoms. The van der Waals surface area contributed by atoms with E-state index in [-0.39, 0.29) is 0 Å². The highest BCUT2D eigenvalue weighted by Crippen LogP contribution is 2.20. The number of nitrogens with one attached hydrogen (secondary N) is 2. The summed E-state index contributed by atoms with van der Waals surface area (Å²) in [6.07, 6.45) is 9.92. The Kier molecular flexibility index (Phi) is 5.59. The predicted octanol–water partition coefficient (Wildman–Crippen LogP) is 1.68. The fraction of sp³-hybridized carbons (Fsp3) is 1.00. The molecule has 0 aromatic rings. The van der Waals surface area contributed by atoms with Crippen LogP contribution in [0.2, 0.25) is 0 Å². The Labute approximate surface area is 99.3 Å². The molecule has 1 heterocycles. The maximum Gasteiger partial charge on any atom is 0.0594 e. The maximum atomic E-state index is 5.81. The quantitative estimate of drug-likeness (QED) is 0.676. The summed E-state index contributed by atoms with van der Waals surface area (Å²) in [5.74, 6) is 0.